The Morgan fingerprint density at radius 2 is 1.79 bits per heavy atom. The summed E-state index contributed by atoms with van der Waals surface area (Å²) in [6.07, 6.45) is -1.11. The summed E-state index contributed by atoms with van der Waals surface area (Å²) in [5.41, 5.74) is 6.18. The molecule has 2 aliphatic rings. The maximum Gasteiger partial charge on any atom is 0.355 e. The molecule has 3 rings (SSSR count). The van der Waals surface area contributed by atoms with Gasteiger partial charge in [0.15, 0.2) is 6.10 Å². The van der Waals surface area contributed by atoms with E-state index in [0.717, 1.165) is 0 Å². The third kappa shape index (κ3) is 4.73. The highest BCUT2D eigenvalue weighted by molar-refractivity contribution is 6.38. The summed E-state index contributed by atoms with van der Waals surface area (Å²) in [7, 11) is 0. The van der Waals surface area contributed by atoms with E-state index in [1.54, 1.807) is 29.2 Å². The molecule has 1 fully saturated rings. The van der Waals surface area contributed by atoms with Crippen LogP contribution in [-0.4, -0.2) is 65.8 Å². The average molecular weight is 402 g/mol. The first-order valence-electron chi connectivity index (χ1n) is 9.62. The molecule has 29 heavy (non-hydrogen) atoms. The second-order valence-corrected chi connectivity index (χ2v) is 7.40. The maximum absolute atomic E-state index is 12.7. The molecule has 1 aromatic carbocycles. The second-order valence-electron chi connectivity index (χ2n) is 7.40. The van der Waals surface area contributed by atoms with Gasteiger partial charge in [-0.3, -0.25) is 14.6 Å². The number of esters is 1. The summed E-state index contributed by atoms with van der Waals surface area (Å²) in [5.74, 6) is -1.61. The minimum absolute atomic E-state index is 0.0234. The normalized spacial score (nSPS) is 25.3. The number of para-hydroxylation sites is 1. The van der Waals surface area contributed by atoms with Crippen LogP contribution in [0.15, 0.2) is 35.4 Å². The number of primary amides is 1. The van der Waals surface area contributed by atoms with Gasteiger partial charge >= 0.3 is 5.97 Å². The van der Waals surface area contributed by atoms with Crippen LogP contribution in [0.5, 0.6) is 0 Å². The Balaban J connectivity index is 1.68. The van der Waals surface area contributed by atoms with Crippen molar-refractivity contribution >= 4 is 29.2 Å². The highest BCUT2D eigenvalue weighted by atomic mass is 16.5. The number of carbonyl (C=O) groups is 3. The van der Waals surface area contributed by atoms with Crippen LogP contribution >= 0.6 is 0 Å². The molecule has 1 aromatic rings. The van der Waals surface area contributed by atoms with Gasteiger partial charge in [0.25, 0.3) is 5.91 Å². The Labute approximate surface area is 169 Å². The summed E-state index contributed by atoms with van der Waals surface area (Å²) < 4.78 is 11.0. The lowest BCUT2D eigenvalue weighted by Crippen LogP contribution is -2.51. The number of amides is 2. The largest absolute Gasteiger partial charge is 0.448 e. The number of hydrogen-bond acceptors (Lipinski definition) is 7. The van der Waals surface area contributed by atoms with Gasteiger partial charge in [-0.1, -0.05) is 18.2 Å². The van der Waals surface area contributed by atoms with Crippen molar-refractivity contribution in [3.8, 4) is 0 Å². The standard InChI is InChI=1S/C20H26N4O5/c1-12-10-23(11-13(2)28-12)19(26)14(3)29-20(27)16-9-17(18(21)25)24(22-16)15-7-5-4-6-8-15/h4-8,12-14,17H,9-11H2,1-3H3,(H2,21,25). The Bertz CT molecular complexity index is 802. The minimum Gasteiger partial charge on any atom is -0.448 e. The summed E-state index contributed by atoms with van der Waals surface area (Å²) in [4.78, 5) is 38.7. The van der Waals surface area contributed by atoms with Crippen LogP contribution in [0, 0.1) is 0 Å². The van der Waals surface area contributed by atoms with Gasteiger partial charge in [0.1, 0.15) is 11.8 Å². The number of benzene rings is 1. The van der Waals surface area contributed by atoms with Gasteiger partial charge in [-0.15, -0.1) is 0 Å². The molecular formula is C20H26N4O5. The highest BCUT2D eigenvalue weighted by Crippen LogP contribution is 2.25. The number of nitrogens with two attached hydrogens (primary N) is 1. The highest BCUT2D eigenvalue weighted by Gasteiger charge is 2.37. The molecule has 2 heterocycles. The van der Waals surface area contributed by atoms with Gasteiger partial charge in [-0.05, 0) is 32.9 Å². The van der Waals surface area contributed by atoms with Crippen molar-refractivity contribution in [3.63, 3.8) is 0 Å². The molecule has 4 unspecified atom stereocenters. The monoisotopic (exact) mass is 402 g/mol. The SMILES string of the molecule is CC1CN(C(=O)C(C)OC(=O)C2=NN(c3ccccc3)C(C(N)=O)C2)CC(C)O1. The first-order valence-corrected chi connectivity index (χ1v) is 9.62. The Morgan fingerprint density at radius 1 is 1.17 bits per heavy atom. The number of nitrogens with zero attached hydrogens (tertiary/aromatic N) is 3. The third-order valence-corrected chi connectivity index (χ3v) is 4.86. The number of morpholine rings is 1. The lowest BCUT2D eigenvalue weighted by atomic mass is 10.1. The summed E-state index contributed by atoms with van der Waals surface area (Å²) in [6.45, 7) is 6.19. The van der Waals surface area contributed by atoms with Gasteiger partial charge in [0.05, 0.1) is 17.9 Å². The molecule has 0 saturated carbocycles. The smallest absolute Gasteiger partial charge is 0.355 e. The third-order valence-electron chi connectivity index (χ3n) is 4.86. The number of rotatable bonds is 5. The van der Waals surface area contributed by atoms with Crippen LogP contribution in [0.25, 0.3) is 0 Å². The Kier molecular flexibility index (Phi) is 6.17. The quantitative estimate of drug-likeness (QED) is 0.724. The lowest BCUT2D eigenvalue weighted by Gasteiger charge is -2.36. The fraction of sp³-hybridized carbons (Fsp3) is 0.500. The van der Waals surface area contributed by atoms with Gasteiger partial charge in [0, 0.05) is 19.5 Å². The van der Waals surface area contributed by atoms with Crippen molar-refractivity contribution in [1.29, 1.82) is 0 Å². The number of carbonyl (C=O) groups excluding carboxylic acids is 3. The molecule has 0 aliphatic carbocycles. The fourth-order valence-corrected chi connectivity index (χ4v) is 3.57. The van der Waals surface area contributed by atoms with Crippen LogP contribution < -0.4 is 10.7 Å². The van der Waals surface area contributed by atoms with E-state index < -0.39 is 24.0 Å². The van der Waals surface area contributed by atoms with Crippen molar-refractivity contribution in [2.45, 2.75) is 51.5 Å². The molecule has 9 heteroatoms. The van der Waals surface area contributed by atoms with Crippen LogP contribution in [0.1, 0.15) is 27.2 Å². The molecule has 2 N–H and O–H groups in total. The van der Waals surface area contributed by atoms with E-state index in [-0.39, 0.29) is 30.2 Å². The summed E-state index contributed by atoms with van der Waals surface area (Å²) >= 11 is 0. The molecule has 4 atom stereocenters. The number of hydrazone groups is 1. The van der Waals surface area contributed by atoms with Gasteiger partial charge in [-0.25, -0.2) is 4.79 Å². The Morgan fingerprint density at radius 3 is 2.38 bits per heavy atom. The molecule has 156 valence electrons. The van der Waals surface area contributed by atoms with Gasteiger partial charge < -0.3 is 20.1 Å². The van der Waals surface area contributed by atoms with Crippen LogP contribution in [-0.2, 0) is 23.9 Å². The van der Waals surface area contributed by atoms with Crippen molar-refractivity contribution < 1.29 is 23.9 Å². The van der Waals surface area contributed by atoms with Crippen LogP contribution in [0.4, 0.5) is 5.69 Å². The zero-order valence-corrected chi connectivity index (χ0v) is 16.8. The van der Waals surface area contributed by atoms with E-state index in [1.165, 1.54) is 11.9 Å². The summed E-state index contributed by atoms with van der Waals surface area (Å²) in [5, 5.41) is 5.65. The van der Waals surface area contributed by atoms with Gasteiger partial charge in [-0.2, -0.15) is 5.10 Å². The average Bonchev–Trinajstić information content (AvgIpc) is 3.13. The van der Waals surface area contributed by atoms with Crippen LogP contribution in [0.2, 0.25) is 0 Å². The van der Waals surface area contributed by atoms with E-state index in [4.69, 9.17) is 15.2 Å². The lowest BCUT2D eigenvalue weighted by molar-refractivity contribution is -0.160. The van der Waals surface area contributed by atoms with Gasteiger partial charge in [0.2, 0.25) is 5.91 Å². The van der Waals surface area contributed by atoms with Crippen molar-refractivity contribution in [1.82, 2.24) is 4.90 Å². The van der Waals surface area contributed by atoms with Crippen LogP contribution in [0.3, 0.4) is 0 Å². The van der Waals surface area contributed by atoms with Crippen molar-refractivity contribution in [2.75, 3.05) is 18.1 Å². The fourth-order valence-electron chi connectivity index (χ4n) is 3.57. The van der Waals surface area contributed by atoms with E-state index in [1.807, 2.05) is 19.9 Å². The first-order chi connectivity index (χ1) is 13.8. The number of hydrogen-bond donors (Lipinski definition) is 1. The molecule has 2 amide bonds. The summed E-state index contributed by atoms with van der Waals surface area (Å²) in [6, 6.07) is 8.17. The predicted octanol–water partition coefficient (Wildman–Crippen LogP) is 0.674. The van der Waals surface area contributed by atoms with E-state index in [0.29, 0.717) is 18.8 Å². The zero-order chi connectivity index (χ0) is 21.1. The topological polar surface area (TPSA) is 115 Å². The number of ether oxygens (including phenoxy) is 2. The minimum atomic E-state index is -0.972. The first kappa shape index (κ1) is 20.8. The molecule has 9 nitrogen and oxygen atoms in total. The maximum atomic E-state index is 12.7. The van der Waals surface area contributed by atoms with E-state index in [2.05, 4.69) is 5.10 Å². The van der Waals surface area contributed by atoms with E-state index >= 15 is 0 Å². The molecule has 0 radical (unpaired) electrons. The predicted molar refractivity (Wildman–Crippen MR) is 106 cm³/mol. The van der Waals surface area contributed by atoms with E-state index in [9.17, 15) is 14.4 Å². The molecule has 0 spiro atoms. The van der Waals surface area contributed by atoms with Crippen molar-refractivity contribution in [3.05, 3.63) is 30.3 Å². The Hall–Kier alpha value is -2.94. The zero-order valence-electron chi connectivity index (χ0n) is 16.8. The molecule has 0 aromatic heterocycles. The second kappa shape index (κ2) is 8.60. The molecule has 2 aliphatic heterocycles. The number of anilines is 1. The van der Waals surface area contributed by atoms with Crippen molar-refractivity contribution in [2.24, 2.45) is 10.8 Å². The molecule has 1 saturated heterocycles. The molecular weight excluding hydrogens is 376 g/mol. The molecule has 0 bridgehead atoms.